The number of ether oxygens (including phenoxy) is 2. The Bertz CT molecular complexity index is 854. The summed E-state index contributed by atoms with van der Waals surface area (Å²) in [6.45, 7) is 0. The highest BCUT2D eigenvalue weighted by Crippen LogP contribution is 2.37. The Balaban J connectivity index is 1.63. The predicted octanol–water partition coefficient (Wildman–Crippen LogP) is 5.70. The van der Waals surface area contributed by atoms with E-state index < -0.39 is 5.79 Å². The number of hydrogen-bond acceptors (Lipinski definition) is 2. The van der Waals surface area contributed by atoms with E-state index in [1.54, 1.807) is 7.11 Å². The lowest BCUT2D eigenvalue weighted by molar-refractivity contribution is -0.486. The van der Waals surface area contributed by atoms with Crippen molar-refractivity contribution in [1.29, 1.82) is 0 Å². The van der Waals surface area contributed by atoms with Crippen LogP contribution in [0.4, 0.5) is 0 Å². The predicted molar refractivity (Wildman–Crippen MR) is 108 cm³/mol. The molecule has 1 aliphatic heterocycles. The first kappa shape index (κ1) is 17.6. The minimum atomic E-state index is -0.530. The maximum absolute atomic E-state index is 6.38. The van der Waals surface area contributed by atoms with Crippen LogP contribution in [-0.4, -0.2) is 18.7 Å². The lowest BCUT2D eigenvalue weighted by Gasteiger charge is -2.27. The minimum Gasteiger partial charge on any atom is -0.497 e. The van der Waals surface area contributed by atoms with E-state index in [2.05, 4.69) is 18.2 Å². The zero-order valence-corrected chi connectivity index (χ0v) is 15.7. The molecule has 1 saturated carbocycles. The Hall–Kier alpha value is -2.81. The summed E-state index contributed by atoms with van der Waals surface area (Å²) < 4.78 is 17.9. The van der Waals surface area contributed by atoms with E-state index in [9.17, 15) is 0 Å². The lowest BCUT2D eigenvalue weighted by atomic mass is 9.93. The number of hydrogen-bond donors (Lipinski definition) is 0. The smallest absolute Gasteiger partial charge is 0.429 e. The minimum absolute atomic E-state index is 0.530. The third-order valence-electron chi connectivity index (χ3n) is 5.10. The standard InChI is InChI=1S/C24H25O3/c1-25-21-13-10-19(11-14-21)12-15-22-18-23(20-8-4-2-5-9-20)27-24(26-22)16-6-3-7-17-24/h2,4-5,8-15,18H,3,6-7,16-17H2,1H3/q+1/b15-12+. The van der Waals surface area contributed by atoms with Gasteiger partial charge in [0.25, 0.3) is 0 Å². The Labute approximate surface area is 160 Å². The summed E-state index contributed by atoms with van der Waals surface area (Å²) in [6.07, 6.45) is 11.5. The van der Waals surface area contributed by atoms with Crippen molar-refractivity contribution in [3.05, 3.63) is 83.6 Å². The maximum atomic E-state index is 6.38. The zero-order valence-electron chi connectivity index (χ0n) is 15.7. The number of ketones is 1. The summed E-state index contributed by atoms with van der Waals surface area (Å²) in [6, 6.07) is 18.3. The molecule has 0 bridgehead atoms. The van der Waals surface area contributed by atoms with E-state index in [0.29, 0.717) is 0 Å². The molecular weight excluding hydrogens is 336 g/mol. The van der Waals surface area contributed by atoms with Gasteiger partial charge in [-0.3, -0.25) is 0 Å². The van der Waals surface area contributed by atoms with Crippen LogP contribution < -0.4 is 4.74 Å². The topological polar surface area (TPSA) is 29.8 Å². The first-order valence-electron chi connectivity index (χ1n) is 9.61. The van der Waals surface area contributed by atoms with Crippen LogP contribution in [0.2, 0.25) is 0 Å². The van der Waals surface area contributed by atoms with Crippen LogP contribution in [0.25, 0.3) is 6.08 Å². The Morgan fingerprint density at radius 3 is 2.37 bits per heavy atom. The van der Waals surface area contributed by atoms with Gasteiger partial charge in [-0.1, -0.05) is 42.8 Å². The van der Waals surface area contributed by atoms with Gasteiger partial charge < -0.3 is 9.47 Å². The fourth-order valence-electron chi connectivity index (χ4n) is 3.64. The van der Waals surface area contributed by atoms with Crippen LogP contribution >= 0.6 is 0 Å². The number of benzene rings is 2. The zero-order chi connectivity index (χ0) is 18.5. The van der Waals surface area contributed by atoms with Gasteiger partial charge in [0.05, 0.1) is 31.6 Å². The summed E-state index contributed by atoms with van der Waals surface area (Å²) in [4.78, 5) is 0. The van der Waals surface area contributed by atoms with Gasteiger partial charge in [-0.25, -0.2) is 4.42 Å². The van der Waals surface area contributed by atoms with Crippen LogP contribution in [-0.2, 0) is 4.74 Å². The highest BCUT2D eigenvalue weighted by molar-refractivity contribution is 6.05. The van der Waals surface area contributed by atoms with Crippen LogP contribution in [0.3, 0.4) is 0 Å². The summed E-state index contributed by atoms with van der Waals surface area (Å²) in [7, 11) is 1.68. The fraction of sp³-hybridized carbons (Fsp3) is 0.292. The first-order valence-corrected chi connectivity index (χ1v) is 9.61. The van der Waals surface area contributed by atoms with Gasteiger partial charge in [0.1, 0.15) is 11.5 Å². The molecule has 3 nitrogen and oxygen atoms in total. The monoisotopic (exact) mass is 361 g/mol. The summed E-state index contributed by atoms with van der Waals surface area (Å²) in [5, 5.41) is 0. The lowest BCUT2D eigenvalue weighted by Crippen LogP contribution is -2.36. The highest BCUT2D eigenvalue weighted by Gasteiger charge is 2.48. The van der Waals surface area contributed by atoms with Crippen molar-refractivity contribution < 1.29 is 13.9 Å². The summed E-state index contributed by atoms with van der Waals surface area (Å²) >= 11 is 0. The van der Waals surface area contributed by atoms with E-state index in [1.165, 1.54) is 6.42 Å². The second-order valence-corrected chi connectivity index (χ2v) is 7.06. The molecule has 2 aliphatic rings. The van der Waals surface area contributed by atoms with E-state index in [4.69, 9.17) is 13.9 Å². The van der Waals surface area contributed by atoms with Crippen molar-refractivity contribution in [2.45, 2.75) is 37.9 Å². The molecule has 1 fully saturated rings. The van der Waals surface area contributed by atoms with E-state index in [0.717, 1.165) is 54.1 Å². The van der Waals surface area contributed by atoms with Crippen molar-refractivity contribution in [2.24, 2.45) is 0 Å². The molecule has 138 valence electrons. The molecular formula is C24H25O3+. The van der Waals surface area contributed by atoms with Crippen molar-refractivity contribution in [3.8, 4) is 5.75 Å². The normalized spacial score (nSPS) is 18.7. The molecule has 0 N–H and O–H groups in total. The molecule has 0 atom stereocenters. The molecule has 27 heavy (non-hydrogen) atoms. The van der Waals surface area contributed by atoms with Crippen LogP contribution in [0.1, 0.15) is 47.7 Å². The second-order valence-electron chi connectivity index (χ2n) is 7.06. The average Bonchev–Trinajstić information content (AvgIpc) is 2.73. The van der Waals surface area contributed by atoms with E-state index in [1.807, 2.05) is 54.6 Å². The van der Waals surface area contributed by atoms with Gasteiger partial charge in [0.15, 0.2) is 0 Å². The van der Waals surface area contributed by atoms with Crippen LogP contribution in [0.15, 0.2) is 72.5 Å². The fourth-order valence-corrected chi connectivity index (χ4v) is 3.64. The van der Waals surface area contributed by atoms with Gasteiger partial charge in [-0.05, 0) is 48.7 Å². The highest BCUT2D eigenvalue weighted by atomic mass is 16.7. The van der Waals surface area contributed by atoms with E-state index >= 15 is 0 Å². The number of rotatable bonds is 4. The Kier molecular flexibility index (Phi) is 5.10. The maximum Gasteiger partial charge on any atom is 0.429 e. The molecule has 0 amide bonds. The molecule has 2 aromatic carbocycles. The molecule has 1 aliphatic carbocycles. The summed E-state index contributed by atoms with van der Waals surface area (Å²) in [5.74, 6) is 2.06. The Morgan fingerprint density at radius 1 is 0.926 bits per heavy atom. The number of methoxy groups -OCH3 is 1. The second kappa shape index (κ2) is 7.83. The van der Waals surface area contributed by atoms with Crippen molar-refractivity contribution in [3.63, 3.8) is 0 Å². The third-order valence-corrected chi connectivity index (χ3v) is 5.10. The molecule has 1 heterocycles. The first-order chi connectivity index (χ1) is 13.3. The number of carbonyl (C=O) groups excluding carboxylic acids is 1. The largest absolute Gasteiger partial charge is 0.497 e. The average molecular weight is 361 g/mol. The molecule has 1 spiro atoms. The van der Waals surface area contributed by atoms with Crippen molar-refractivity contribution >= 4 is 11.9 Å². The van der Waals surface area contributed by atoms with Gasteiger partial charge in [0, 0.05) is 0 Å². The SMILES string of the molecule is COc1ccc(/C=C/C2=CC(c3ccccc3)=[O+]C3(CCCCC3)O2)cc1. The van der Waals surface area contributed by atoms with Gasteiger partial charge in [-0.2, -0.15) is 0 Å². The molecule has 0 unspecified atom stereocenters. The molecule has 0 saturated heterocycles. The van der Waals surface area contributed by atoms with E-state index in [-0.39, 0.29) is 0 Å². The quantitative estimate of drug-likeness (QED) is 0.654. The van der Waals surface area contributed by atoms with Gasteiger partial charge in [-0.15, -0.1) is 0 Å². The summed E-state index contributed by atoms with van der Waals surface area (Å²) in [5.41, 5.74) is 2.19. The molecule has 0 aromatic heterocycles. The Morgan fingerprint density at radius 2 is 1.67 bits per heavy atom. The molecule has 0 radical (unpaired) electrons. The van der Waals surface area contributed by atoms with Gasteiger partial charge >= 0.3 is 11.6 Å². The molecule has 4 rings (SSSR count). The molecule has 2 aromatic rings. The van der Waals surface area contributed by atoms with Crippen LogP contribution in [0, 0.1) is 0 Å². The van der Waals surface area contributed by atoms with Crippen molar-refractivity contribution in [1.82, 2.24) is 0 Å². The number of allylic oxidation sites excluding steroid dienone is 2. The molecule has 3 heteroatoms. The van der Waals surface area contributed by atoms with Crippen LogP contribution in [0.5, 0.6) is 5.75 Å². The third kappa shape index (κ3) is 4.13. The van der Waals surface area contributed by atoms with Gasteiger partial charge in [0.2, 0.25) is 0 Å². The van der Waals surface area contributed by atoms with Crippen molar-refractivity contribution in [2.75, 3.05) is 7.11 Å².